The Morgan fingerprint density at radius 1 is 1.26 bits per heavy atom. The number of hydrazine groups is 1. The Labute approximate surface area is 136 Å². The Hall–Kier alpha value is -2.08. The molecule has 126 valence electrons. The summed E-state index contributed by atoms with van der Waals surface area (Å²) in [5, 5.41) is 12.5. The zero-order chi connectivity index (χ0) is 17.0. The van der Waals surface area contributed by atoms with E-state index in [0.717, 1.165) is 5.56 Å². The molecule has 1 heterocycles. The average Bonchev–Trinajstić information content (AvgIpc) is 2.52. The largest absolute Gasteiger partial charge is 0.480 e. The van der Waals surface area contributed by atoms with Crippen molar-refractivity contribution in [3.63, 3.8) is 0 Å². The lowest BCUT2D eigenvalue weighted by molar-refractivity contribution is -0.170. The van der Waals surface area contributed by atoms with E-state index in [1.54, 1.807) is 5.01 Å². The Morgan fingerprint density at radius 3 is 2.48 bits per heavy atom. The van der Waals surface area contributed by atoms with E-state index in [4.69, 9.17) is 4.74 Å². The number of carbonyl (C=O) groups excluding carboxylic acids is 1. The molecule has 0 aromatic heterocycles. The van der Waals surface area contributed by atoms with Crippen molar-refractivity contribution >= 4 is 12.1 Å². The van der Waals surface area contributed by atoms with Gasteiger partial charge in [0.25, 0.3) is 0 Å². The van der Waals surface area contributed by atoms with Crippen molar-refractivity contribution in [1.29, 1.82) is 0 Å². The quantitative estimate of drug-likeness (QED) is 0.927. The van der Waals surface area contributed by atoms with Gasteiger partial charge in [0, 0.05) is 12.1 Å². The van der Waals surface area contributed by atoms with E-state index in [2.05, 4.69) is 0 Å². The van der Waals surface area contributed by atoms with Crippen LogP contribution in [0.3, 0.4) is 0 Å². The van der Waals surface area contributed by atoms with Crippen molar-refractivity contribution in [3.05, 3.63) is 35.9 Å². The van der Waals surface area contributed by atoms with Crippen LogP contribution in [0.4, 0.5) is 4.79 Å². The minimum atomic E-state index is -0.916. The fourth-order valence-electron chi connectivity index (χ4n) is 2.86. The number of hydrogen-bond acceptors (Lipinski definition) is 4. The van der Waals surface area contributed by atoms with Gasteiger partial charge in [-0.05, 0) is 39.2 Å². The lowest BCUT2D eigenvalue weighted by atomic mass is 10.00. The van der Waals surface area contributed by atoms with Crippen LogP contribution in [0.1, 0.15) is 39.2 Å². The number of carboxylic acids is 1. The Balaban J connectivity index is 2.11. The number of carbonyl (C=O) groups is 2. The van der Waals surface area contributed by atoms with Crippen LogP contribution in [-0.2, 0) is 16.1 Å². The summed E-state index contributed by atoms with van der Waals surface area (Å²) in [4.78, 5) is 24.0. The molecule has 1 aliphatic rings. The van der Waals surface area contributed by atoms with E-state index in [1.807, 2.05) is 51.1 Å². The van der Waals surface area contributed by atoms with Gasteiger partial charge in [0.05, 0.1) is 0 Å². The van der Waals surface area contributed by atoms with Gasteiger partial charge in [-0.2, -0.15) is 5.01 Å². The minimum absolute atomic E-state index is 0.173. The smallest absolute Gasteiger partial charge is 0.424 e. The molecule has 1 fully saturated rings. The van der Waals surface area contributed by atoms with E-state index in [1.165, 1.54) is 5.01 Å². The maximum atomic E-state index is 12.5. The molecule has 1 atom stereocenters. The molecular weight excluding hydrogens is 296 g/mol. The molecule has 23 heavy (non-hydrogen) atoms. The third-order valence-electron chi connectivity index (χ3n) is 3.79. The lowest BCUT2D eigenvalue weighted by Crippen LogP contribution is -2.64. The zero-order valence-electron chi connectivity index (χ0n) is 13.9. The molecule has 1 saturated heterocycles. The first-order chi connectivity index (χ1) is 10.8. The molecule has 6 nitrogen and oxygen atoms in total. The molecule has 6 heteroatoms. The summed E-state index contributed by atoms with van der Waals surface area (Å²) in [6.07, 6.45) is 0.661. The summed E-state index contributed by atoms with van der Waals surface area (Å²) in [6, 6.07) is 8.70. The fraction of sp³-hybridized carbons (Fsp3) is 0.529. The first-order valence-electron chi connectivity index (χ1n) is 7.81. The van der Waals surface area contributed by atoms with Gasteiger partial charge in [0.1, 0.15) is 12.6 Å². The number of carboxylic acid groups (broad SMARTS) is 1. The number of ether oxygens (including phenoxy) is 1. The van der Waals surface area contributed by atoms with Crippen molar-refractivity contribution in [3.8, 4) is 0 Å². The summed E-state index contributed by atoms with van der Waals surface area (Å²) in [5.41, 5.74) is 0.407. The second-order valence-electron chi connectivity index (χ2n) is 6.67. The van der Waals surface area contributed by atoms with Gasteiger partial charge in [-0.15, -0.1) is 0 Å². The van der Waals surface area contributed by atoms with Crippen molar-refractivity contribution < 1.29 is 19.4 Å². The van der Waals surface area contributed by atoms with Gasteiger partial charge in [0.2, 0.25) is 0 Å². The fourth-order valence-corrected chi connectivity index (χ4v) is 2.86. The topological polar surface area (TPSA) is 70.1 Å². The van der Waals surface area contributed by atoms with Crippen molar-refractivity contribution in [2.75, 3.05) is 6.54 Å². The molecule has 0 spiro atoms. The SMILES string of the molecule is CC(C)(C)N1C(C(=O)O)CCCN1C(=O)OCc1ccccc1. The molecule has 1 unspecified atom stereocenters. The highest BCUT2D eigenvalue weighted by molar-refractivity contribution is 5.75. The number of nitrogens with zero attached hydrogens (tertiary/aromatic N) is 2. The predicted octanol–water partition coefficient (Wildman–Crippen LogP) is 2.89. The highest BCUT2D eigenvalue weighted by Gasteiger charge is 2.43. The Morgan fingerprint density at radius 2 is 1.91 bits per heavy atom. The third-order valence-corrected chi connectivity index (χ3v) is 3.79. The number of benzene rings is 1. The van der Waals surface area contributed by atoms with Crippen LogP contribution in [0.5, 0.6) is 0 Å². The predicted molar refractivity (Wildman–Crippen MR) is 85.6 cm³/mol. The molecule has 0 radical (unpaired) electrons. The summed E-state index contributed by atoms with van der Waals surface area (Å²) < 4.78 is 5.37. The van der Waals surface area contributed by atoms with Crippen LogP contribution >= 0.6 is 0 Å². The van der Waals surface area contributed by atoms with Crippen molar-refractivity contribution in [2.24, 2.45) is 0 Å². The highest BCUT2D eigenvalue weighted by Crippen LogP contribution is 2.28. The molecule has 2 rings (SSSR count). The number of aliphatic carboxylic acids is 1. The molecule has 1 aliphatic heterocycles. The molecule has 0 bridgehead atoms. The second kappa shape index (κ2) is 7.00. The van der Waals surface area contributed by atoms with Crippen LogP contribution < -0.4 is 0 Å². The number of amides is 1. The number of hydrogen-bond donors (Lipinski definition) is 1. The van der Waals surface area contributed by atoms with E-state index in [-0.39, 0.29) is 6.61 Å². The first kappa shape index (κ1) is 17.3. The Kier molecular flexibility index (Phi) is 5.26. The van der Waals surface area contributed by atoms with Crippen LogP contribution in [0, 0.1) is 0 Å². The van der Waals surface area contributed by atoms with Gasteiger partial charge in [-0.25, -0.2) is 9.80 Å². The zero-order valence-corrected chi connectivity index (χ0v) is 13.9. The van der Waals surface area contributed by atoms with Crippen LogP contribution in [0.25, 0.3) is 0 Å². The summed E-state index contributed by atoms with van der Waals surface area (Å²) in [6.45, 7) is 6.32. The monoisotopic (exact) mass is 320 g/mol. The van der Waals surface area contributed by atoms with Gasteiger partial charge in [-0.1, -0.05) is 30.3 Å². The van der Waals surface area contributed by atoms with Gasteiger partial charge >= 0.3 is 12.1 Å². The van der Waals surface area contributed by atoms with E-state index in [9.17, 15) is 14.7 Å². The highest BCUT2D eigenvalue weighted by atomic mass is 16.6. The Bertz CT molecular complexity index is 553. The standard InChI is InChI=1S/C17H24N2O4/c1-17(2,3)19-14(15(20)21)10-7-11-18(19)16(22)23-12-13-8-5-4-6-9-13/h4-6,8-9,14H,7,10-12H2,1-3H3,(H,20,21). The van der Waals surface area contributed by atoms with Crippen LogP contribution in [-0.4, -0.2) is 45.3 Å². The molecular formula is C17H24N2O4. The van der Waals surface area contributed by atoms with Gasteiger partial charge < -0.3 is 9.84 Å². The molecule has 1 N–H and O–H groups in total. The normalized spacial score (nSPS) is 19.4. The van der Waals surface area contributed by atoms with Gasteiger partial charge in [0.15, 0.2) is 0 Å². The molecule has 1 amide bonds. The maximum absolute atomic E-state index is 12.5. The van der Waals surface area contributed by atoms with Crippen molar-refractivity contribution in [2.45, 2.75) is 51.8 Å². The minimum Gasteiger partial charge on any atom is -0.480 e. The van der Waals surface area contributed by atoms with E-state index >= 15 is 0 Å². The summed E-state index contributed by atoms with van der Waals surface area (Å²) >= 11 is 0. The maximum Gasteiger partial charge on any atom is 0.424 e. The molecule has 1 aromatic rings. The molecule has 0 aliphatic carbocycles. The number of rotatable bonds is 3. The second-order valence-corrected chi connectivity index (χ2v) is 6.67. The lowest BCUT2D eigenvalue weighted by Gasteiger charge is -2.48. The van der Waals surface area contributed by atoms with E-state index < -0.39 is 23.6 Å². The first-order valence-corrected chi connectivity index (χ1v) is 7.81. The molecule has 0 saturated carbocycles. The van der Waals surface area contributed by atoms with Crippen LogP contribution in [0.15, 0.2) is 30.3 Å². The van der Waals surface area contributed by atoms with E-state index in [0.29, 0.717) is 19.4 Å². The summed E-state index contributed by atoms with van der Waals surface area (Å²) in [5.74, 6) is -0.916. The van der Waals surface area contributed by atoms with Gasteiger partial charge in [-0.3, -0.25) is 4.79 Å². The molecule has 1 aromatic carbocycles. The van der Waals surface area contributed by atoms with Crippen LogP contribution in [0.2, 0.25) is 0 Å². The third kappa shape index (κ3) is 4.22. The van der Waals surface area contributed by atoms with Crippen molar-refractivity contribution in [1.82, 2.24) is 10.0 Å². The summed E-state index contributed by atoms with van der Waals surface area (Å²) in [7, 11) is 0. The average molecular weight is 320 g/mol.